The first-order valence-corrected chi connectivity index (χ1v) is 12.0. The Kier molecular flexibility index (Phi) is 9.18. The lowest BCUT2D eigenvalue weighted by Crippen LogP contribution is -2.26. The van der Waals surface area contributed by atoms with Crippen molar-refractivity contribution in [2.24, 2.45) is 5.92 Å². The average Bonchev–Trinajstić information content (AvgIpc) is 2.99. The van der Waals surface area contributed by atoms with Crippen LogP contribution in [-0.2, 0) is 17.8 Å². The highest BCUT2D eigenvalue weighted by Gasteiger charge is 2.12. The van der Waals surface area contributed by atoms with Crippen molar-refractivity contribution < 1.29 is 4.79 Å². The molecular weight excluding hydrogens is 444 g/mol. The van der Waals surface area contributed by atoms with Crippen LogP contribution < -0.4 is 5.32 Å². The quantitative estimate of drug-likeness (QED) is 0.407. The van der Waals surface area contributed by atoms with Crippen LogP contribution in [0, 0.1) is 12.8 Å². The first-order chi connectivity index (χ1) is 12.9. The summed E-state index contributed by atoms with van der Waals surface area (Å²) in [5.41, 5.74) is 1.18. The van der Waals surface area contributed by atoms with Crippen molar-refractivity contribution in [1.29, 1.82) is 0 Å². The molecule has 8 heteroatoms. The summed E-state index contributed by atoms with van der Waals surface area (Å²) in [6.45, 7) is 8.02. The van der Waals surface area contributed by atoms with Crippen LogP contribution in [0.3, 0.4) is 0 Å². The van der Waals surface area contributed by atoms with Gasteiger partial charge in [-0.2, -0.15) is 0 Å². The van der Waals surface area contributed by atoms with Crippen molar-refractivity contribution in [3.63, 3.8) is 0 Å². The minimum absolute atomic E-state index is 0.0655. The number of hydrogen-bond donors (Lipinski definition) is 1. The molecule has 0 atom stereocenters. The lowest BCUT2D eigenvalue weighted by atomic mass is 10.2. The smallest absolute Gasteiger partial charge is 0.230 e. The van der Waals surface area contributed by atoms with E-state index in [-0.39, 0.29) is 5.91 Å². The highest BCUT2D eigenvalue weighted by atomic mass is 79.9. The molecular formula is C19H27BrN4OS2. The van der Waals surface area contributed by atoms with Gasteiger partial charge >= 0.3 is 0 Å². The third kappa shape index (κ3) is 7.16. The van der Waals surface area contributed by atoms with Gasteiger partial charge in [-0.1, -0.05) is 41.5 Å². The van der Waals surface area contributed by atoms with Crippen LogP contribution in [-0.4, -0.2) is 39.2 Å². The molecule has 1 aromatic carbocycles. The number of aryl methyl sites for hydroxylation is 2. The maximum Gasteiger partial charge on any atom is 0.230 e. The van der Waals surface area contributed by atoms with Gasteiger partial charge in [0.15, 0.2) is 5.16 Å². The van der Waals surface area contributed by atoms with Crippen LogP contribution in [0.2, 0.25) is 0 Å². The molecule has 148 valence electrons. The van der Waals surface area contributed by atoms with Crippen LogP contribution in [0.4, 0.5) is 0 Å². The third-order valence-electron chi connectivity index (χ3n) is 3.92. The van der Waals surface area contributed by atoms with Crippen molar-refractivity contribution in [1.82, 2.24) is 20.1 Å². The maximum atomic E-state index is 12.1. The van der Waals surface area contributed by atoms with Gasteiger partial charge < -0.3 is 9.88 Å². The molecule has 0 aliphatic rings. The summed E-state index contributed by atoms with van der Waals surface area (Å²) in [6.07, 6.45) is 3.70. The highest BCUT2D eigenvalue weighted by Crippen LogP contribution is 2.25. The van der Waals surface area contributed by atoms with Gasteiger partial charge in [0.1, 0.15) is 5.82 Å². The molecule has 0 saturated heterocycles. The minimum Gasteiger partial charge on any atom is -0.355 e. The topological polar surface area (TPSA) is 59.8 Å². The Morgan fingerprint density at radius 2 is 2.11 bits per heavy atom. The molecule has 0 spiro atoms. The van der Waals surface area contributed by atoms with Gasteiger partial charge in [0.2, 0.25) is 5.91 Å². The molecule has 2 aromatic rings. The summed E-state index contributed by atoms with van der Waals surface area (Å²) < 4.78 is 3.26. The van der Waals surface area contributed by atoms with Crippen molar-refractivity contribution in [3.8, 4) is 0 Å². The standard InChI is InChI=1S/C19H27BrN4OS2/c1-13(2)11-24-17(22-23-19(24)26-4)6-5-9-21-18(25)12-27-16-8-7-15(20)10-14(16)3/h7-8,10,13H,5-6,9,11-12H2,1-4H3,(H,21,25). The summed E-state index contributed by atoms with van der Waals surface area (Å²) in [6, 6.07) is 6.11. The molecule has 2 rings (SSSR count). The van der Waals surface area contributed by atoms with E-state index in [2.05, 4.69) is 62.8 Å². The van der Waals surface area contributed by atoms with Gasteiger partial charge in [-0.15, -0.1) is 22.0 Å². The summed E-state index contributed by atoms with van der Waals surface area (Å²) in [5, 5.41) is 12.5. The predicted octanol–water partition coefficient (Wildman–Crippen LogP) is 4.57. The number of rotatable bonds is 10. The zero-order chi connectivity index (χ0) is 19.8. The van der Waals surface area contributed by atoms with E-state index in [0.29, 0.717) is 18.2 Å². The zero-order valence-corrected chi connectivity index (χ0v) is 19.5. The molecule has 0 unspecified atom stereocenters. The Labute approximate surface area is 178 Å². The van der Waals surface area contributed by atoms with Gasteiger partial charge in [0.05, 0.1) is 5.75 Å². The van der Waals surface area contributed by atoms with Crippen molar-refractivity contribution >= 4 is 45.4 Å². The second-order valence-corrected chi connectivity index (χ2v) is 9.47. The normalized spacial score (nSPS) is 11.2. The van der Waals surface area contributed by atoms with Gasteiger partial charge in [-0.3, -0.25) is 4.79 Å². The molecule has 0 bridgehead atoms. The van der Waals surface area contributed by atoms with Crippen LogP contribution in [0.1, 0.15) is 31.7 Å². The van der Waals surface area contributed by atoms with E-state index < -0.39 is 0 Å². The fraction of sp³-hybridized carbons (Fsp3) is 0.526. The third-order valence-corrected chi connectivity index (χ3v) is 6.25. The zero-order valence-electron chi connectivity index (χ0n) is 16.3. The average molecular weight is 471 g/mol. The van der Waals surface area contributed by atoms with Gasteiger partial charge in [0.25, 0.3) is 0 Å². The van der Waals surface area contributed by atoms with E-state index in [0.717, 1.165) is 39.7 Å². The second kappa shape index (κ2) is 11.1. The van der Waals surface area contributed by atoms with Crippen LogP contribution in [0.15, 0.2) is 32.7 Å². The van der Waals surface area contributed by atoms with E-state index in [1.165, 1.54) is 5.56 Å². The van der Waals surface area contributed by atoms with Crippen molar-refractivity contribution in [2.45, 2.75) is 50.2 Å². The molecule has 1 amide bonds. The molecule has 27 heavy (non-hydrogen) atoms. The van der Waals surface area contributed by atoms with E-state index in [1.54, 1.807) is 23.5 Å². The fourth-order valence-electron chi connectivity index (χ4n) is 2.65. The van der Waals surface area contributed by atoms with E-state index in [9.17, 15) is 4.79 Å². The number of aromatic nitrogens is 3. The lowest BCUT2D eigenvalue weighted by Gasteiger charge is -2.12. The monoisotopic (exact) mass is 470 g/mol. The lowest BCUT2D eigenvalue weighted by molar-refractivity contribution is -0.118. The largest absolute Gasteiger partial charge is 0.355 e. The van der Waals surface area contributed by atoms with Crippen molar-refractivity contribution in [2.75, 3.05) is 18.6 Å². The van der Waals surface area contributed by atoms with E-state index in [1.807, 2.05) is 18.4 Å². The van der Waals surface area contributed by atoms with Gasteiger partial charge in [-0.25, -0.2) is 0 Å². The number of amides is 1. The summed E-state index contributed by atoms with van der Waals surface area (Å²) in [7, 11) is 0. The van der Waals surface area contributed by atoms with E-state index in [4.69, 9.17) is 0 Å². The molecule has 0 saturated carbocycles. The van der Waals surface area contributed by atoms with E-state index >= 15 is 0 Å². The number of carbonyl (C=O) groups excluding carboxylic acids is 1. The Morgan fingerprint density at radius 1 is 1.33 bits per heavy atom. The summed E-state index contributed by atoms with van der Waals surface area (Å²) >= 11 is 6.66. The first kappa shape index (κ1) is 22.3. The maximum absolute atomic E-state index is 12.1. The number of carbonyl (C=O) groups is 1. The molecule has 0 radical (unpaired) electrons. The second-order valence-electron chi connectivity index (χ2n) is 6.76. The molecule has 1 aromatic heterocycles. The highest BCUT2D eigenvalue weighted by molar-refractivity contribution is 9.10. The first-order valence-electron chi connectivity index (χ1n) is 9.02. The number of thioether (sulfide) groups is 2. The minimum atomic E-state index is 0.0655. The Hall–Kier alpha value is -0.990. The van der Waals surface area contributed by atoms with Gasteiger partial charge in [0, 0.05) is 28.9 Å². The number of nitrogens with zero attached hydrogens (tertiary/aromatic N) is 3. The molecule has 0 aliphatic heterocycles. The van der Waals surface area contributed by atoms with Gasteiger partial charge in [-0.05, 0) is 49.3 Å². The molecule has 1 heterocycles. The Morgan fingerprint density at radius 3 is 2.78 bits per heavy atom. The number of nitrogens with one attached hydrogen (secondary N) is 1. The van der Waals surface area contributed by atoms with Crippen LogP contribution >= 0.6 is 39.5 Å². The number of benzene rings is 1. The SMILES string of the molecule is CSc1nnc(CCCNC(=O)CSc2ccc(Br)cc2C)n1CC(C)C. The predicted molar refractivity (Wildman–Crippen MR) is 118 cm³/mol. The molecule has 5 nitrogen and oxygen atoms in total. The summed E-state index contributed by atoms with van der Waals surface area (Å²) in [5.74, 6) is 2.05. The number of halogens is 1. The Balaban J connectivity index is 1.75. The summed E-state index contributed by atoms with van der Waals surface area (Å²) in [4.78, 5) is 13.2. The van der Waals surface area contributed by atoms with Crippen molar-refractivity contribution in [3.05, 3.63) is 34.1 Å². The molecule has 0 fully saturated rings. The molecule has 1 N–H and O–H groups in total. The van der Waals surface area contributed by atoms with Crippen LogP contribution in [0.5, 0.6) is 0 Å². The fourth-order valence-corrected chi connectivity index (χ4v) is 4.48. The Bertz CT molecular complexity index is 764. The molecule has 0 aliphatic carbocycles. The van der Waals surface area contributed by atoms with Crippen LogP contribution in [0.25, 0.3) is 0 Å². The number of hydrogen-bond acceptors (Lipinski definition) is 5.